The summed E-state index contributed by atoms with van der Waals surface area (Å²) in [6, 6.07) is 0. The van der Waals surface area contributed by atoms with Gasteiger partial charge in [-0.3, -0.25) is 4.79 Å². The Kier molecular flexibility index (Phi) is 5.75. The van der Waals surface area contributed by atoms with E-state index in [-0.39, 0.29) is 11.0 Å². The maximum Gasteiger partial charge on any atom is 0.138 e. The molecule has 0 aromatic rings. The van der Waals surface area contributed by atoms with Crippen LogP contribution >= 0.6 is 22.6 Å². The maximum atomic E-state index is 11.7. The summed E-state index contributed by atoms with van der Waals surface area (Å²) in [7, 11) is 0. The quantitative estimate of drug-likeness (QED) is 0.487. The van der Waals surface area contributed by atoms with Gasteiger partial charge in [-0.25, -0.2) is 0 Å². The van der Waals surface area contributed by atoms with Crippen LogP contribution in [0.25, 0.3) is 0 Å². The van der Waals surface area contributed by atoms with Gasteiger partial charge < -0.3 is 5.32 Å². The lowest BCUT2D eigenvalue weighted by Gasteiger charge is -2.25. The Morgan fingerprint density at radius 1 is 1.20 bits per heavy atom. The Labute approximate surface area is 108 Å². The number of hydrogen-bond acceptors (Lipinski definition) is 2. The van der Waals surface area contributed by atoms with Crippen molar-refractivity contribution in [1.82, 2.24) is 5.32 Å². The zero-order valence-corrected chi connectivity index (χ0v) is 12.9. The molecule has 0 bridgehead atoms. The highest BCUT2D eigenvalue weighted by Gasteiger charge is 2.22. The molecule has 0 aliphatic rings. The van der Waals surface area contributed by atoms with Crippen molar-refractivity contribution in [3.8, 4) is 0 Å². The van der Waals surface area contributed by atoms with Gasteiger partial charge >= 0.3 is 0 Å². The van der Waals surface area contributed by atoms with Crippen LogP contribution in [0.15, 0.2) is 0 Å². The average molecular weight is 325 g/mol. The Bertz CT molecular complexity index is 213. The molecule has 0 fully saturated rings. The van der Waals surface area contributed by atoms with Gasteiger partial charge in [0.05, 0.1) is 4.05 Å². The van der Waals surface area contributed by atoms with Gasteiger partial charge in [0.2, 0.25) is 0 Å². The first kappa shape index (κ1) is 15.4. The van der Waals surface area contributed by atoms with Crippen molar-refractivity contribution >= 4 is 28.4 Å². The van der Waals surface area contributed by atoms with Crippen LogP contribution < -0.4 is 5.32 Å². The molecular weight excluding hydrogens is 301 g/mol. The summed E-state index contributed by atoms with van der Waals surface area (Å²) in [6.45, 7) is 12.4. The highest BCUT2D eigenvalue weighted by atomic mass is 127. The Morgan fingerprint density at radius 2 is 1.67 bits per heavy atom. The lowest BCUT2D eigenvalue weighted by molar-refractivity contribution is -0.126. The first-order valence-electron chi connectivity index (χ1n) is 5.47. The van der Waals surface area contributed by atoms with Crippen LogP contribution in [0, 0.1) is 5.41 Å². The molecule has 0 heterocycles. The van der Waals surface area contributed by atoms with Crippen LogP contribution in [-0.2, 0) is 4.79 Å². The molecule has 0 aromatic heterocycles. The van der Waals surface area contributed by atoms with E-state index in [1.807, 2.05) is 20.8 Å². The number of ketones is 1. The molecule has 0 amide bonds. The first-order chi connectivity index (χ1) is 6.52. The highest BCUT2D eigenvalue weighted by Crippen LogP contribution is 2.20. The number of rotatable bonds is 4. The molecule has 90 valence electrons. The van der Waals surface area contributed by atoms with Crippen LogP contribution in [0.4, 0.5) is 0 Å². The van der Waals surface area contributed by atoms with Crippen molar-refractivity contribution in [2.45, 2.75) is 64.0 Å². The summed E-state index contributed by atoms with van der Waals surface area (Å²) in [5, 5.41) is 3.46. The lowest BCUT2D eigenvalue weighted by atomic mass is 9.88. The number of carbonyl (C=O) groups is 1. The minimum Gasteiger partial charge on any atom is -0.301 e. The average Bonchev–Trinajstić information content (AvgIpc) is 1.94. The largest absolute Gasteiger partial charge is 0.301 e. The summed E-state index contributed by atoms with van der Waals surface area (Å²) in [5.74, 6) is 0.347. The highest BCUT2D eigenvalue weighted by molar-refractivity contribution is 14.1. The number of halogens is 1. The van der Waals surface area contributed by atoms with Gasteiger partial charge in [-0.1, -0.05) is 43.4 Å². The van der Waals surface area contributed by atoms with Crippen molar-refractivity contribution in [2.75, 3.05) is 0 Å². The molecule has 0 aliphatic heterocycles. The second-order valence-electron chi connectivity index (χ2n) is 6.07. The standard InChI is InChI=1S/C12H24INO/c1-11(2,3)9(15)7-8-10(13)14-12(4,5)6/h10,14H,7-8H2,1-6H3. The molecule has 15 heavy (non-hydrogen) atoms. The Balaban J connectivity index is 3.92. The summed E-state index contributed by atoms with van der Waals surface area (Å²) in [4.78, 5) is 11.7. The molecule has 0 saturated carbocycles. The van der Waals surface area contributed by atoms with E-state index >= 15 is 0 Å². The van der Waals surface area contributed by atoms with Crippen molar-refractivity contribution in [2.24, 2.45) is 5.41 Å². The Morgan fingerprint density at radius 3 is 2.00 bits per heavy atom. The van der Waals surface area contributed by atoms with Crippen LogP contribution in [0.2, 0.25) is 0 Å². The maximum absolute atomic E-state index is 11.7. The van der Waals surface area contributed by atoms with Gasteiger partial charge in [0.25, 0.3) is 0 Å². The Hall–Kier alpha value is 0.360. The van der Waals surface area contributed by atoms with E-state index < -0.39 is 0 Å². The van der Waals surface area contributed by atoms with E-state index in [4.69, 9.17) is 0 Å². The fraction of sp³-hybridized carbons (Fsp3) is 0.917. The number of carbonyl (C=O) groups excluding carboxylic acids is 1. The summed E-state index contributed by atoms with van der Waals surface area (Å²) in [6.07, 6.45) is 1.58. The van der Waals surface area contributed by atoms with Crippen LogP contribution in [0.3, 0.4) is 0 Å². The third kappa shape index (κ3) is 8.20. The van der Waals surface area contributed by atoms with E-state index in [1.54, 1.807) is 0 Å². The smallest absolute Gasteiger partial charge is 0.138 e. The van der Waals surface area contributed by atoms with E-state index in [0.29, 0.717) is 16.3 Å². The minimum atomic E-state index is -0.196. The molecule has 1 atom stereocenters. The van der Waals surface area contributed by atoms with Crippen LogP contribution in [0.5, 0.6) is 0 Å². The second kappa shape index (κ2) is 5.62. The van der Waals surface area contributed by atoms with Crippen molar-refractivity contribution in [3.05, 3.63) is 0 Å². The number of hydrogen-bond donors (Lipinski definition) is 1. The fourth-order valence-corrected chi connectivity index (χ4v) is 2.42. The van der Waals surface area contributed by atoms with Gasteiger partial charge in [-0.2, -0.15) is 0 Å². The van der Waals surface area contributed by atoms with Gasteiger partial charge in [-0.15, -0.1) is 0 Å². The predicted octanol–water partition coefficient (Wildman–Crippen LogP) is 3.53. The van der Waals surface area contributed by atoms with Crippen molar-refractivity contribution in [1.29, 1.82) is 0 Å². The zero-order chi connectivity index (χ0) is 12.3. The molecule has 1 N–H and O–H groups in total. The third-order valence-electron chi connectivity index (χ3n) is 2.05. The van der Waals surface area contributed by atoms with Gasteiger partial charge in [0, 0.05) is 17.4 Å². The molecule has 3 heteroatoms. The molecular formula is C12H24INO. The predicted molar refractivity (Wildman–Crippen MR) is 74.4 cm³/mol. The van der Waals surface area contributed by atoms with E-state index in [2.05, 4.69) is 48.7 Å². The fourth-order valence-electron chi connectivity index (χ4n) is 1.17. The van der Waals surface area contributed by atoms with Gasteiger partial charge in [-0.05, 0) is 27.2 Å². The molecule has 0 spiro atoms. The number of alkyl halides is 1. The third-order valence-corrected chi connectivity index (χ3v) is 2.99. The minimum absolute atomic E-state index is 0.122. The zero-order valence-electron chi connectivity index (χ0n) is 10.8. The monoisotopic (exact) mass is 325 g/mol. The second-order valence-corrected chi connectivity index (χ2v) is 7.58. The van der Waals surface area contributed by atoms with Crippen molar-refractivity contribution < 1.29 is 4.79 Å². The van der Waals surface area contributed by atoms with E-state index in [1.165, 1.54) is 0 Å². The number of nitrogens with one attached hydrogen (secondary N) is 1. The van der Waals surface area contributed by atoms with Gasteiger partial charge in [0.15, 0.2) is 0 Å². The molecule has 2 nitrogen and oxygen atoms in total. The molecule has 0 aromatic carbocycles. The lowest BCUT2D eigenvalue weighted by Crippen LogP contribution is -2.41. The molecule has 0 saturated heterocycles. The van der Waals surface area contributed by atoms with E-state index in [9.17, 15) is 4.79 Å². The SMILES string of the molecule is CC(C)(C)NC(I)CCC(=O)C(C)(C)C. The topological polar surface area (TPSA) is 29.1 Å². The summed E-state index contributed by atoms with van der Waals surface area (Å²) < 4.78 is 0.369. The van der Waals surface area contributed by atoms with Crippen LogP contribution in [-0.4, -0.2) is 15.4 Å². The molecule has 0 aliphatic carbocycles. The number of Topliss-reactive ketones (excluding diaryl/α,β-unsaturated/α-hetero) is 1. The van der Waals surface area contributed by atoms with Crippen molar-refractivity contribution in [3.63, 3.8) is 0 Å². The molecule has 0 rings (SSSR count). The first-order valence-corrected chi connectivity index (χ1v) is 6.72. The molecule has 1 unspecified atom stereocenters. The van der Waals surface area contributed by atoms with E-state index in [0.717, 1.165) is 6.42 Å². The normalized spacial score (nSPS) is 15.1. The summed E-state index contributed by atoms with van der Waals surface area (Å²) in [5.41, 5.74) is -0.0747. The van der Waals surface area contributed by atoms with Crippen LogP contribution in [0.1, 0.15) is 54.4 Å². The summed E-state index contributed by atoms with van der Waals surface area (Å²) >= 11 is 2.36. The molecule has 0 radical (unpaired) electrons. The van der Waals surface area contributed by atoms with Gasteiger partial charge in [0.1, 0.15) is 5.78 Å².